The van der Waals surface area contributed by atoms with Gasteiger partial charge in [-0.05, 0) is 19.1 Å². The molecule has 2 aromatic heterocycles. The number of nitrogens with zero attached hydrogens (tertiary/aromatic N) is 3. The van der Waals surface area contributed by atoms with Crippen molar-refractivity contribution in [2.45, 2.75) is 6.92 Å². The van der Waals surface area contributed by atoms with Crippen LogP contribution < -0.4 is 5.69 Å². The van der Waals surface area contributed by atoms with E-state index >= 15 is 0 Å². The molecule has 5 heteroatoms. The van der Waals surface area contributed by atoms with Gasteiger partial charge in [0, 0.05) is 11.6 Å². The average molecular weight is 177 g/mol. The molecule has 0 atom stereocenters. The summed E-state index contributed by atoms with van der Waals surface area (Å²) in [6.45, 7) is 1.70. The van der Waals surface area contributed by atoms with Gasteiger partial charge >= 0.3 is 5.69 Å². The summed E-state index contributed by atoms with van der Waals surface area (Å²) in [6.07, 6.45) is 1.51. The van der Waals surface area contributed by atoms with Crippen LogP contribution in [-0.4, -0.2) is 19.9 Å². The zero-order valence-corrected chi connectivity index (χ0v) is 6.93. The molecule has 0 saturated carbocycles. The Morgan fingerprint density at radius 2 is 2.31 bits per heavy atom. The number of aromatic nitrogens is 3. The summed E-state index contributed by atoms with van der Waals surface area (Å²) in [5, 5.41) is 9.93. The number of fused-ring (bicyclic) bond motifs is 1. The molecule has 2 heterocycles. The minimum atomic E-state index is -0.705. The van der Waals surface area contributed by atoms with Gasteiger partial charge in [-0.2, -0.15) is 4.98 Å². The molecule has 5 nitrogen and oxygen atoms in total. The molecule has 0 amide bonds. The van der Waals surface area contributed by atoms with Crippen LogP contribution in [-0.2, 0) is 0 Å². The van der Waals surface area contributed by atoms with E-state index in [2.05, 4.69) is 9.97 Å². The predicted molar refractivity (Wildman–Crippen MR) is 45.7 cm³/mol. The second-order valence-corrected chi connectivity index (χ2v) is 2.67. The molecule has 2 aromatic rings. The molecule has 2 rings (SSSR count). The van der Waals surface area contributed by atoms with Crippen molar-refractivity contribution in [1.29, 1.82) is 0 Å². The van der Waals surface area contributed by atoms with E-state index in [1.165, 1.54) is 6.20 Å². The monoisotopic (exact) mass is 177 g/mol. The van der Waals surface area contributed by atoms with Crippen molar-refractivity contribution in [2.75, 3.05) is 0 Å². The summed E-state index contributed by atoms with van der Waals surface area (Å²) in [7, 11) is 0. The molecule has 0 unspecified atom stereocenters. The summed E-state index contributed by atoms with van der Waals surface area (Å²) in [5.41, 5.74) is 0.0992. The van der Waals surface area contributed by atoms with Crippen molar-refractivity contribution in [1.82, 2.24) is 14.7 Å². The maximum absolute atomic E-state index is 11.0. The molecule has 0 bridgehead atoms. The minimum Gasteiger partial charge on any atom is -0.422 e. The molecular formula is C8H7N3O2. The van der Waals surface area contributed by atoms with Gasteiger partial charge in [0.15, 0.2) is 5.65 Å². The van der Waals surface area contributed by atoms with Crippen molar-refractivity contribution in [3.05, 3.63) is 34.5 Å². The van der Waals surface area contributed by atoms with Gasteiger partial charge in [-0.15, -0.1) is 4.73 Å². The standard InChI is InChI=1S/C8H7N3O2/c1-5-6-3-2-4-9-7(6)11(13)8(12)10-5/h2-4,13H,1H3. The lowest BCUT2D eigenvalue weighted by Crippen LogP contribution is -2.22. The summed E-state index contributed by atoms with van der Waals surface area (Å²) in [5.74, 6) is 0. The first kappa shape index (κ1) is 7.72. The maximum atomic E-state index is 11.0. The van der Waals surface area contributed by atoms with Gasteiger partial charge in [0.1, 0.15) is 0 Å². The second-order valence-electron chi connectivity index (χ2n) is 2.67. The summed E-state index contributed by atoms with van der Waals surface area (Å²) >= 11 is 0. The van der Waals surface area contributed by atoms with Crippen molar-refractivity contribution in [3.63, 3.8) is 0 Å². The Balaban J connectivity index is 3.06. The van der Waals surface area contributed by atoms with Crippen LogP contribution in [0.25, 0.3) is 11.0 Å². The molecule has 0 aromatic carbocycles. The van der Waals surface area contributed by atoms with Gasteiger partial charge in [-0.1, -0.05) is 0 Å². The van der Waals surface area contributed by atoms with Crippen molar-refractivity contribution in [2.24, 2.45) is 0 Å². The third-order valence-corrected chi connectivity index (χ3v) is 1.82. The first-order chi connectivity index (χ1) is 6.20. The number of hydrogen-bond acceptors (Lipinski definition) is 4. The number of pyridine rings is 1. The summed E-state index contributed by atoms with van der Waals surface area (Å²) < 4.78 is 0.447. The number of rotatable bonds is 0. The Hall–Kier alpha value is -1.91. The highest BCUT2D eigenvalue weighted by Crippen LogP contribution is 2.09. The highest BCUT2D eigenvalue weighted by atomic mass is 16.5. The predicted octanol–water partition coefficient (Wildman–Crippen LogP) is 0.337. The number of hydrogen-bond donors (Lipinski definition) is 1. The Bertz CT molecular complexity index is 518. The average Bonchev–Trinajstić information content (AvgIpc) is 2.15. The first-order valence-electron chi connectivity index (χ1n) is 3.74. The third kappa shape index (κ3) is 1.05. The van der Waals surface area contributed by atoms with Crippen LogP contribution in [0.4, 0.5) is 0 Å². The van der Waals surface area contributed by atoms with E-state index in [0.717, 1.165) is 0 Å². The second kappa shape index (κ2) is 2.55. The van der Waals surface area contributed by atoms with E-state index in [1.807, 2.05) is 0 Å². The molecule has 0 spiro atoms. The largest absolute Gasteiger partial charge is 0.422 e. The number of aryl methyl sites for hydroxylation is 1. The van der Waals surface area contributed by atoms with E-state index in [4.69, 9.17) is 0 Å². The molecule has 0 fully saturated rings. The van der Waals surface area contributed by atoms with Gasteiger partial charge in [0.25, 0.3) is 0 Å². The van der Waals surface area contributed by atoms with Crippen molar-refractivity contribution >= 4 is 11.0 Å². The zero-order chi connectivity index (χ0) is 9.42. The molecule has 0 aliphatic carbocycles. The summed E-state index contributed by atoms with van der Waals surface area (Å²) in [6, 6.07) is 3.47. The Morgan fingerprint density at radius 1 is 1.54 bits per heavy atom. The van der Waals surface area contributed by atoms with Gasteiger partial charge in [0.05, 0.1) is 5.69 Å². The van der Waals surface area contributed by atoms with E-state index in [9.17, 15) is 10.0 Å². The van der Waals surface area contributed by atoms with E-state index < -0.39 is 5.69 Å². The molecular weight excluding hydrogens is 170 g/mol. The van der Waals surface area contributed by atoms with Gasteiger partial charge in [-0.25, -0.2) is 9.78 Å². The van der Waals surface area contributed by atoms with Crippen molar-refractivity contribution < 1.29 is 5.21 Å². The van der Waals surface area contributed by atoms with E-state index in [1.54, 1.807) is 19.1 Å². The van der Waals surface area contributed by atoms with Gasteiger partial charge in [-0.3, -0.25) is 0 Å². The van der Waals surface area contributed by atoms with E-state index in [0.29, 0.717) is 15.8 Å². The lowest BCUT2D eigenvalue weighted by Gasteiger charge is -2.02. The molecule has 0 aliphatic heterocycles. The third-order valence-electron chi connectivity index (χ3n) is 1.82. The lowest BCUT2D eigenvalue weighted by molar-refractivity contribution is 0.181. The van der Waals surface area contributed by atoms with Gasteiger partial charge < -0.3 is 5.21 Å². The lowest BCUT2D eigenvalue weighted by atomic mass is 10.2. The smallest absolute Gasteiger partial charge is 0.382 e. The molecule has 66 valence electrons. The first-order valence-corrected chi connectivity index (χ1v) is 3.74. The topological polar surface area (TPSA) is 68.0 Å². The SMILES string of the molecule is Cc1nc(=O)n(O)c2ncccc12. The molecule has 0 saturated heterocycles. The Morgan fingerprint density at radius 3 is 3.08 bits per heavy atom. The molecule has 1 N–H and O–H groups in total. The minimum absolute atomic E-state index is 0.236. The molecule has 13 heavy (non-hydrogen) atoms. The quantitative estimate of drug-likeness (QED) is 0.589. The fraction of sp³-hybridized carbons (Fsp3) is 0.125. The van der Waals surface area contributed by atoms with Crippen LogP contribution in [0.3, 0.4) is 0 Å². The van der Waals surface area contributed by atoms with Crippen LogP contribution in [0.15, 0.2) is 23.1 Å². The fourth-order valence-corrected chi connectivity index (χ4v) is 1.19. The van der Waals surface area contributed by atoms with Crippen LogP contribution in [0, 0.1) is 6.92 Å². The highest BCUT2D eigenvalue weighted by molar-refractivity contribution is 5.76. The van der Waals surface area contributed by atoms with Crippen LogP contribution >= 0.6 is 0 Å². The fourth-order valence-electron chi connectivity index (χ4n) is 1.19. The van der Waals surface area contributed by atoms with Crippen LogP contribution in [0.1, 0.15) is 5.69 Å². The van der Waals surface area contributed by atoms with E-state index in [-0.39, 0.29) is 5.65 Å². The van der Waals surface area contributed by atoms with Crippen LogP contribution in [0.2, 0.25) is 0 Å². The highest BCUT2D eigenvalue weighted by Gasteiger charge is 2.05. The van der Waals surface area contributed by atoms with Gasteiger partial charge in [0.2, 0.25) is 0 Å². The maximum Gasteiger partial charge on any atom is 0.382 e. The molecule has 0 aliphatic rings. The Labute approximate surface area is 73.3 Å². The van der Waals surface area contributed by atoms with Crippen molar-refractivity contribution in [3.8, 4) is 0 Å². The normalized spacial score (nSPS) is 10.5. The summed E-state index contributed by atoms with van der Waals surface area (Å²) in [4.78, 5) is 18.5. The molecule has 0 radical (unpaired) electrons. The zero-order valence-electron chi connectivity index (χ0n) is 6.93. The Kier molecular flexibility index (Phi) is 1.51. The van der Waals surface area contributed by atoms with Crippen LogP contribution in [0.5, 0.6) is 0 Å².